The average molecular weight is 789 g/mol. The maximum atomic E-state index is 14.9. The lowest BCUT2D eigenvalue weighted by atomic mass is 9.85. The van der Waals surface area contributed by atoms with E-state index < -0.39 is 27.4 Å². The van der Waals surface area contributed by atoms with Gasteiger partial charge in [-0.1, -0.05) is 45.0 Å². The third-order valence-corrected chi connectivity index (χ3v) is 10.9. The number of ether oxygens (including phenoxy) is 2. The molecule has 298 valence electrons. The number of pyridine rings is 1. The quantitative estimate of drug-likeness (QED) is 0.103. The molecule has 1 aliphatic heterocycles. The summed E-state index contributed by atoms with van der Waals surface area (Å²) in [5.74, 6) is 1.39. The summed E-state index contributed by atoms with van der Waals surface area (Å²) >= 11 is 0. The number of nitrogens with one attached hydrogen (secondary N) is 2. The standard InChI is InChI=1S/C40H49FN8O6S/c1-25-10-9-11-26(2)48(25)39-45-44-36-17-14-29(24-47(36)39)55-34-16-15-33(31-12-7-8-13-32(31)34)42-38(50)43-37-23-35(40(3,4)5)46-49(37)28-20-27(41)21-30(22-28)53-18-19-54-56(6,51)52/h7-8,12-14,17,20-26,33-34H,9-11,15-16,18-19H2,1-6H3,(H2,42,43,50)/t25-,26+,33-,34+/m0/s1. The summed E-state index contributed by atoms with van der Waals surface area (Å²) in [4.78, 5) is 16.1. The third-order valence-electron chi connectivity index (χ3n) is 10.3. The van der Waals surface area contributed by atoms with Crippen LogP contribution in [0.1, 0.15) is 95.7 Å². The number of fused-ring (bicyclic) bond motifs is 2. The van der Waals surface area contributed by atoms with Gasteiger partial charge in [0.2, 0.25) is 5.95 Å². The fraction of sp³-hybridized carbons (Fsp3) is 0.450. The van der Waals surface area contributed by atoms with Gasteiger partial charge >= 0.3 is 6.03 Å². The highest BCUT2D eigenvalue weighted by molar-refractivity contribution is 7.85. The molecule has 4 heterocycles. The fourth-order valence-electron chi connectivity index (χ4n) is 7.55. The molecule has 5 aromatic rings. The molecule has 2 aromatic carbocycles. The monoisotopic (exact) mass is 788 g/mol. The summed E-state index contributed by atoms with van der Waals surface area (Å²) in [7, 11) is -3.65. The molecular weight excluding hydrogens is 740 g/mol. The van der Waals surface area contributed by atoms with Gasteiger partial charge in [-0.3, -0.25) is 13.9 Å². The maximum absolute atomic E-state index is 14.9. The van der Waals surface area contributed by atoms with Gasteiger partial charge in [-0.15, -0.1) is 10.2 Å². The first-order chi connectivity index (χ1) is 26.6. The van der Waals surface area contributed by atoms with E-state index in [0.717, 1.165) is 41.8 Å². The Kier molecular flexibility index (Phi) is 11.0. The van der Waals surface area contributed by atoms with Crippen LogP contribution in [0.3, 0.4) is 0 Å². The van der Waals surface area contributed by atoms with Crippen molar-refractivity contribution in [2.45, 2.75) is 96.4 Å². The predicted octanol–water partition coefficient (Wildman–Crippen LogP) is 7.25. The molecule has 16 heteroatoms. The van der Waals surface area contributed by atoms with Crippen molar-refractivity contribution in [3.05, 3.63) is 89.5 Å². The van der Waals surface area contributed by atoms with E-state index in [-0.39, 0.29) is 31.1 Å². The number of piperidine rings is 1. The number of nitrogens with zero attached hydrogens (tertiary/aromatic N) is 6. The third kappa shape index (κ3) is 8.76. The molecular formula is C40H49FN8O6S. The zero-order valence-corrected chi connectivity index (χ0v) is 33.3. The van der Waals surface area contributed by atoms with Crippen molar-refractivity contribution in [3.8, 4) is 17.2 Å². The lowest BCUT2D eigenvalue weighted by Gasteiger charge is -2.39. The minimum Gasteiger partial charge on any atom is -0.491 e. The van der Waals surface area contributed by atoms with E-state index in [1.54, 1.807) is 12.1 Å². The average Bonchev–Trinajstić information content (AvgIpc) is 3.75. The van der Waals surface area contributed by atoms with Gasteiger partial charge in [0, 0.05) is 35.7 Å². The summed E-state index contributed by atoms with van der Waals surface area (Å²) in [5, 5.41) is 19.8. The number of anilines is 2. The smallest absolute Gasteiger partial charge is 0.320 e. The fourth-order valence-corrected chi connectivity index (χ4v) is 7.92. The van der Waals surface area contributed by atoms with Gasteiger partial charge in [-0.05, 0) is 75.3 Å². The number of amides is 2. The minimum absolute atomic E-state index is 0.125. The van der Waals surface area contributed by atoms with E-state index in [1.807, 2.05) is 67.8 Å². The molecule has 2 amide bonds. The molecule has 4 atom stereocenters. The minimum atomic E-state index is -3.65. The van der Waals surface area contributed by atoms with Crippen LogP contribution in [0.2, 0.25) is 0 Å². The van der Waals surface area contributed by atoms with Crippen LogP contribution in [0, 0.1) is 5.82 Å². The van der Waals surface area contributed by atoms with Crippen molar-refractivity contribution in [2.75, 3.05) is 29.7 Å². The highest BCUT2D eigenvalue weighted by atomic mass is 32.2. The molecule has 2 N–H and O–H groups in total. The van der Waals surface area contributed by atoms with Crippen LogP contribution >= 0.6 is 0 Å². The molecule has 2 aliphatic rings. The van der Waals surface area contributed by atoms with Crippen molar-refractivity contribution >= 4 is 33.6 Å². The van der Waals surface area contributed by atoms with Crippen molar-refractivity contribution in [2.24, 2.45) is 0 Å². The topological polar surface area (TPSA) is 154 Å². The van der Waals surface area contributed by atoms with Gasteiger partial charge in [0.1, 0.15) is 42.5 Å². The lowest BCUT2D eigenvalue weighted by molar-refractivity contribution is 0.171. The number of aromatic nitrogens is 5. The second kappa shape index (κ2) is 15.7. The molecule has 1 saturated heterocycles. The Morgan fingerprint density at radius 1 is 0.929 bits per heavy atom. The van der Waals surface area contributed by atoms with Crippen LogP contribution in [0.4, 0.5) is 21.0 Å². The molecule has 1 fully saturated rings. The van der Waals surface area contributed by atoms with Crippen LogP contribution in [-0.4, -0.2) is 70.4 Å². The first-order valence-corrected chi connectivity index (χ1v) is 20.8. The number of hydrogen-bond donors (Lipinski definition) is 2. The lowest BCUT2D eigenvalue weighted by Crippen LogP contribution is -2.44. The molecule has 0 spiro atoms. The Balaban J connectivity index is 1.07. The zero-order valence-electron chi connectivity index (χ0n) is 32.5. The van der Waals surface area contributed by atoms with E-state index >= 15 is 0 Å². The van der Waals surface area contributed by atoms with E-state index in [1.165, 1.54) is 23.2 Å². The molecule has 0 radical (unpaired) electrons. The summed E-state index contributed by atoms with van der Waals surface area (Å²) in [6, 6.07) is 17.5. The zero-order chi connectivity index (χ0) is 39.8. The molecule has 1 aliphatic carbocycles. The molecule has 7 rings (SSSR count). The summed E-state index contributed by atoms with van der Waals surface area (Å²) in [6.07, 6.45) is 7.37. The van der Waals surface area contributed by atoms with Gasteiger partial charge in [0.15, 0.2) is 5.65 Å². The van der Waals surface area contributed by atoms with Gasteiger partial charge in [-0.25, -0.2) is 13.9 Å². The van der Waals surface area contributed by atoms with Crippen molar-refractivity contribution in [3.63, 3.8) is 0 Å². The van der Waals surface area contributed by atoms with Crippen LogP contribution in [0.25, 0.3) is 11.3 Å². The summed E-state index contributed by atoms with van der Waals surface area (Å²) in [6.45, 7) is 10.1. The van der Waals surface area contributed by atoms with Crippen LogP contribution in [-0.2, 0) is 19.7 Å². The van der Waals surface area contributed by atoms with Gasteiger partial charge in [0.25, 0.3) is 10.1 Å². The largest absolute Gasteiger partial charge is 0.491 e. The number of carbonyl (C=O) groups excluding carboxylic acids is 1. The molecule has 14 nitrogen and oxygen atoms in total. The normalized spacial score (nSPS) is 20.1. The van der Waals surface area contributed by atoms with Crippen LogP contribution in [0.5, 0.6) is 11.5 Å². The second-order valence-electron chi connectivity index (χ2n) is 15.7. The summed E-state index contributed by atoms with van der Waals surface area (Å²) in [5.41, 5.74) is 3.28. The van der Waals surface area contributed by atoms with Gasteiger partial charge < -0.3 is 19.7 Å². The number of benzene rings is 2. The highest BCUT2D eigenvalue weighted by Gasteiger charge is 2.32. The Hall–Kier alpha value is -5.22. The first kappa shape index (κ1) is 39.0. The van der Waals surface area contributed by atoms with Crippen molar-refractivity contribution in [1.29, 1.82) is 0 Å². The van der Waals surface area contributed by atoms with Gasteiger partial charge in [-0.2, -0.15) is 13.5 Å². The second-order valence-corrected chi connectivity index (χ2v) is 17.3. The van der Waals surface area contributed by atoms with Crippen LogP contribution in [0.15, 0.2) is 66.9 Å². The molecule has 0 bridgehead atoms. The molecule has 3 aromatic heterocycles. The number of rotatable bonds is 11. The van der Waals surface area contributed by atoms with Crippen molar-refractivity contribution < 1.29 is 31.3 Å². The Morgan fingerprint density at radius 3 is 2.41 bits per heavy atom. The SMILES string of the molecule is C[C@@H]1CCC[C@H](C)N1c1nnc2ccc(O[C@@H]3CC[C@H](NC(=O)Nc4cc(C(C)(C)C)nn4-c4cc(F)cc(OCCOS(C)(=O)=O)c4)c4ccccc43)cn12. The Labute approximate surface area is 326 Å². The maximum Gasteiger partial charge on any atom is 0.320 e. The van der Waals surface area contributed by atoms with E-state index in [0.29, 0.717) is 47.9 Å². The van der Waals surface area contributed by atoms with Crippen LogP contribution < -0.4 is 25.0 Å². The van der Waals surface area contributed by atoms with Crippen molar-refractivity contribution in [1.82, 2.24) is 29.7 Å². The Bertz CT molecular complexity index is 2310. The highest BCUT2D eigenvalue weighted by Crippen LogP contribution is 2.39. The van der Waals surface area contributed by atoms with E-state index in [4.69, 9.17) is 18.8 Å². The molecule has 0 unspecified atom stereocenters. The van der Waals surface area contributed by atoms with E-state index in [2.05, 4.69) is 39.6 Å². The summed E-state index contributed by atoms with van der Waals surface area (Å²) < 4.78 is 57.9. The first-order valence-electron chi connectivity index (χ1n) is 19.0. The number of halogens is 1. The molecule has 0 saturated carbocycles. The Morgan fingerprint density at radius 2 is 1.68 bits per heavy atom. The predicted molar refractivity (Wildman–Crippen MR) is 211 cm³/mol. The number of carbonyl (C=O) groups is 1. The van der Waals surface area contributed by atoms with E-state index in [9.17, 15) is 17.6 Å². The van der Waals surface area contributed by atoms with Gasteiger partial charge in [0.05, 0.1) is 29.9 Å². The number of urea groups is 1. The number of hydrogen-bond acceptors (Lipinski definition) is 10. The molecule has 56 heavy (non-hydrogen) atoms.